The summed E-state index contributed by atoms with van der Waals surface area (Å²) >= 11 is 0. The molecule has 9 nitrogen and oxygen atoms in total. The van der Waals surface area contributed by atoms with E-state index in [0.29, 0.717) is 46.2 Å². The first-order chi connectivity index (χ1) is 16.9. The second-order valence-corrected chi connectivity index (χ2v) is 8.10. The van der Waals surface area contributed by atoms with E-state index in [9.17, 15) is 4.79 Å². The van der Waals surface area contributed by atoms with Crippen molar-refractivity contribution in [2.75, 3.05) is 16.8 Å². The van der Waals surface area contributed by atoms with Gasteiger partial charge in [0.2, 0.25) is 5.95 Å². The van der Waals surface area contributed by atoms with Gasteiger partial charge in [0.15, 0.2) is 11.4 Å². The number of hydrogen-bond donors (Lipinski definition) is 3. The summed E-state index contributed by atoms with van der Waals surface area (Å²) in [5.41, 5.74) is 16.0. The largest absolute Gasteiger partial charge is 0.460 e. The molecule has 5 aromatic rings. The number of hydrogen-bond acceptors (Lipinski definition) is 7. The van der Waals surface area contributed by atoms with E-state index in [1.165, 1.54) is 0 Å². The van der Waals surface area contributed by atoms with Crippen molar-refractivity contribution in [2.24, 2.45) is 0 Å². The number of fused-ring (bicyclic) bond motifs is 1. The summed E-state index contributed by atoms with van der Waals surface area (Å²) in [4.78, 5) is 21.5. The minimum absolute atomic E-state index is 0.127. The van der Waals surface area contributed by atoms with Crippen LogP contribution in [0, 0.1) is 6.92 Å². The lowest BCUT2D eigenvalue weighted by Gasteiger charge is -2.11. The fourth-order valence-corrected chi connectivity index (χ4v) is 3.81. The van der Waals surface area contributed by atoms with E-state index < -0.39 is 0 Å². The lowest BCUT2D eigenvalue weighted by molar-refractivity contribution is -0.111. The van der Waals surface area contributed by atoms with E-state index in [2.05, 4.69) is 27.0 Å². The van der Waals surface area contributed by atoms with Gasteiger partial charge in [-0.05, 0) is 48.4 Å². The van der Waals surface area contributed by atoms with Gasteiger partial charge >= 0.3 is 0 Å². The Bertz CT molecular complexity index is 1580. The van der Waals surface area contributed by atoms with Crippen molar-refractivity contribution in [3.8, 4) is 11.5 Å². The molecule has 0 fully saturated rings. The van der Waals surface area contributed by atoms with E-state index >= 15 is 0 Å². The number of benzene rings is 2. The maximum Gasteiger partial charge on any atom is 0.255 e. The predicted octanol–water partition coefficient (Wildman–Crippen LogP) is 4.26. The van der Waals surface area contributed by atoms with Crippen LogP contribution in [-0.4, -0.2) is 25.7 Å². The van der Waals surface area contributed by atoms with Crippen molar-refractivity contribution in [1.29, 1.82) is 0 Å². The summed E-state index contributed by atoms with van der Waals surface area (Å²) in [6.07, 6.45) is 1.70. The number of nitrogens with zero attached hydrogens (tertiary/aromatic N) is 4. The first kappa shape index (κ1) is 21.9. The molecule has 0 spiro atoms. The molecule has 5 rings (SSSR count). The Labute approximate surface area is 201 Å². The van der Waals surface area contributed by atoms with Gasteiger partial charge < -0.3 is 21.2 Å². The molecule has 2 aromatic carbocycles. The zero-order chi connectivity index (χ0) is 24.5. The molecule has 0 atom stereocenters. The lowest BCUT2D eigenvalue weighted by Crippen LogP contribution is -2.14. The maximum atomic E-state index is 12.8. The fraction of sp³-hybridized carbons (Fsp3) is 0.0769. The van der Waals surface area contributed by atoms with E-state index in [1.807, 2.05) is 43.3 Å². The fourth-order valence-electron chi connectivity index (χ4n) is 3.81. The highest BCUT2D eigenvalue weighted by atomic mass is 16.3. The second kappa shape index (κ2) is 8.79. The summed E-state index contributed by atoms with van der Waals surface area (Å²) in [5.74, 6) is 1.17. The van der Waals surface area contributed by atoms with Crippen LogP contribution in [0.4, 0.5) is 17.3 Å². The molecule has 0 bridgehead atoms. The van der Waals surface area contributed by atoms with Gasteiger partial charge in [0, 0.05) is 5.57 Å². The summed E-state index contributed by atoms with van der Waals surface area (Å²) < 4.78 is 7.47. The minimum Gasteiger partial charge on any atom is -0.460 e. The van der Waals surface area contributed by atoms with Crippen molar-refractivity contribution in [3.05, 3.63) is 90.3 Å². The van der Waals surface area contributed by atoms with Gasteiger partial charge in [0.25, 0.3) is 5.91 Å². The van der Waals surface area contributed by atoms with Crippen LogP contribution in [0.2, 0.25) is 0 Å². The predicted molar refractivity (Wildman–Crippen MR) is 136 cm³/mol. The first-order valence-corrected chi connectivity index (χ1v) is 10.9. The molecular weight excluding hydrogens is 442 g/mol. The number of anilines is 3. The monoisotopic (exact) mass is 465 g/mol. The third-order valence-corrected chi connectivity index (χ3v) is 5.58. The molecule has 0 aliphatic carbocycles. The number of nitrogens with two attached hydrogens (primary N) is 2. The Morgan fingerprint density at radius 3 is 2.69 bits per heavy atom. The first-order valence-electron chi connectivity index (χ1n) is 10.9. The summed E-state index contributed by atoms with van der Waals surface area (Å²) in [5, 5.41) is 8.04. The van der Waals surface area contributed by atoms with E-state index in [1.54, 1.807) is 35.1 Å². The second-order valence-electron chi connectivity index (χ2n) is 8.10. The third kappa shape index (κ3) is 4.34. The molecule has 1 amide bonds. The zero-order valence-corrected chi connectivity index (χ0v) is 19.0. The highest BCUT2D eigenvalue weighted by molar-refractivity contribution is 6.25. The van der Waals surface area contributed by atoms with E-state index in [-0.39, 0.29) is 11.9 Å². The standard InChI is InChI=1S/C26H23N7O2/c1-15-10-11-22(35-15)23-19-13-29-33(24(19)32-26(28)31-23)14-17-6-5-7-18(12-17)16(2)25(34)30-21-9-4-3-8-20(21)27/h3-13H,2,14,27H2,1H3,(H,30,34)(H2,28,31,32). The molecule has 3 heterocycles. The molecule has 0 aliphatic heterocycles. The van der Waals surface area contributed by atoms with Crippen molar-refractivity contribution in [2.45, 2.75) is 13.5 Å². The van der Waals surface area contributed by atoms with Gasteiger partial charge in [-0.25, -0.2) is 9.67 Å². The van der Waals surface area contributed by atoms with Crippen molar-refractivity contribution < 1.29 is 9.21 Å². The summed E-state index contributed by atoms with van der Waals surface area (Å²) in [6.45, 7) is 6.25. The molecule has 9 heteroatoms. The lowest BCUT2D eigenvalue weighted by atomic mass is 10.0. The van der Waals surface area contributed by atoms with Crippen LogP contribution in [-0.2, 0) is 11.3 Å². The Kier molecular flexibility index (Phi) is 5.50. The number of nitrogen functional groups attached to an aromatic ring is 2. The number of amides is 1. The average Bonchev–Trinajstić information content (AvgIpc) is 3.46. The Balaban J connectivity index is 1.41. The van der Waals surface area contributed by atoms with Gasteiger partial charge in [-0.15, -0.1) is 0 Å². The van der Waals surface area contributed by atoms with Crippen LogP contribution in [0.3, 0.4) is 0 Å². The van der Waals surface area contributed by atoms with E-state index in [4.69, 9.17) is 15.9 Å². The number of furan rings is 1. The van der Waals surface area contributed by atoms with Gasteiger partial charge in [-0.2, -0.15) is 10.1 Å². The molecule has 0 unspecified atom stereocenters. The van der Waals surface area contributed by atoms with Gasteiger partial charge in [-0.1, -0.05) is 36.9 Å². The number of aryl methyl sites for hydroxylation is 1. The van der Waals surface area contributed by atoms with Crippen LogP contribution >= 0.6 is 0 Å². The van der Waals surface area contributed by atoms with Gasteiger partial charge in [-0.3, -0.25) is 4.79 Å². The zero-order valence-electron chi connectivity index (χ0n) is 19.0. The van der Waals surface area contributed by atoms with Crippen molar-refractivity contribution in [1.82, 2.24) is 19.7 Å². The molecular formula is C26H23N7O2. The van der Waals surface area contributed by atoms with Crippen LogP contribution in [0.15, 0.2) is 77.9 Å². The van der Waals surface area contributed by atoms with Crippen molar-refractivity contribution >= 4 is 39.8 Å². The molecule has 0 aliphatic rings. The number of para-hydroxylation sites is 2. The molecule has 0 saturated carbocycles. The highest BCUT2D eigenvalue weighted by Crippen LogP contribution is 2.28. The summed E-state index contributed by atoms with van der Waals surface area (Å²) in [7, 11) is 0. The number of rotatable bonds is 6. The van der Waals surface area contributed by atoms with E-state index in [0.717, 1.165) is 16.7 Å². The third-order valence-electron chi connectivity index (χ3n) is 5.58. The Morgan fingerprint density at radius 1 is 1.09 bits per heavy atom. The topological polar surface area (TPSA) is 138 Å². The highest BCUT2D eigenvalue weighted by Gasteiger charge is 2.17. The Morgan fingerprint density at radius 2 is 1.91 bits per heavy atom. The molecule has 0 saturated heterocycles. The average molecular weight is 466 g/mol. The SMILES string of the molecule is C=C(C(=O)Nc1ccccc1N)c1cccc(Cn2ncc3c(-c4ccc(C)o4)nc(N)nc32)c1. The molecule has 35 heavy (non-hydrogen) atoms. The molecule has 174 valence electrons. The number of carbonyl (C=O) groups is 1. The van der Waals surface area contributed by atoms with Crippen LogP contribution < -0.4 is 16.8 Å². The number of nitrogens with one attached hydrogen (secondary N) is 1. The van der Waals surface area contributed by atoms with Crippen LogP contribution in [0.5, 0.6) is 0 Å². The maximum absolute atomic E-state index is 12.8. The quantitative estimate of drug-likeness (QED) is 0.252. The van der Waals surface area contributed by atoms with Crippen LogP contribution in [0.1, 0.15) is 16.9 Å². The molecule has 5 N–H and O–H groups in total. The molecule has 0 radical (unpaired) electrons. The summed E-state index contributed by atoms with van der Waals surface area (Å²) in [6, 6.07) is 18.3. The Hall–Kier alpha value is -4.92. The smallest absolute Gasteiger partial charge is 0.255 e. The van der Waals surface area contributed by atoms with Crippen molar-refractivity contribution in [3.63, 3.8) is 0 Å². The normalized spacial score (nSPS) is 11.0. The van der Waals surface area contributed by atoms with Gasteiger partial charge in [0.1, 0.15) is 11.5 Å². The number of aromatic nitrogens is 4. The van der Waals surface area contributed by atoms with Crippen LogP contribution in [0.25, 0.3) is 28.1 Å². The van der Waals surface area contributed by atoms with Gasteiger partial charge in [0.05, 0.1) is 29.5 Å². The minimum atomic E-state index is -0.330. The molecule has 3 aromatic heterocycles. The number of carbonyl (C=O) groups excluding carboxylic acids is 1.